The Bertz CT molecular complexity index is 2240. The molecule has 0 saturated carbocycles. The van der Waals surface area contributed by atoms with Crippen LogP contribution in [0.5, 0.6) is 0 Å². The normalized spacial score (nSPS) is 11.0. The minimum Gasteiger partial charge on any atom is -0.691 e. The number of alkyl halides is 2. The van der Waals surface area contributed by atoms with Crippen molar-refractivity contribution in [1.29, 1.82) is 0 Å². The largest absolute Gasteiger partial charge is 2.00 e. The van der Waals surface area contributed by atoms with Crippen molar-refractivity contribution in [3.8, 4) is 0 Å². The summed E-state index contributed by atoms with van der Waals surface area (Å²) in [7, 11) is -0.696. The molecule has 8 rings (SSSR count). The molecule has 354 valence electrons. The van der Waals surface area contributed by atoms with E-state index in [9.17, 15) is 0 Å². The van der Waals surface area contributed by atoms with Crippen LogP contribution in [-0.2, 0) is 49.6 Å². The van der Waals surface area contributed by atoms with Gasteiger partial charge in [0.15, 0.2) is 0 Å². The molecule has 0 atom stereocenters. The summed E-state index contributed by atoms with van der Waals surface area (Å²) < 4.78 is 10.5. The van der Waals surface area contributed by atoms with Gasteiger partial charge in [0.1, 0.15) is 6.15 Å². The van der Waals surface area contributed by atoms with E-state index in [0.29, 0.717) is 0 Å². The predicted molar refractivity (Wildman–Crippen MR) is 309 cm³/mol. The third kappa shape index (κ3) is 17.8. The molecule has 0 saturated heterocycles. The minimum atomic E-state index is -2.39. The molecule has 0 radical (unpaired) electrons. The summed E-state index contributed by atoms with van der Waals surface area (Å²) >= 11 is 19.5. The van der Waals surface area contributed by atoms with E-state index in [2.05, 4.69) is 243 Å². The van der Waals surface area contributed by atoms with Gasteiger partial charge in [0.25, 0.3) is 0 Å². The van der Waals surface area contributed by atoms with Crippen LogP contribution in [0.3, 0.4) is 0 Å². The molecule has 0 N–H and O–H groups in total. The van der Waals surface area contributed by atoms with E-state index in [1.54, 1.807) is 0 Å². The molecule has 2 nitrogen and oxygen atoms in total. The smallest absolute Gasteiger partial charge is 0.691 e. The standard InChI is InChI=1S/C26H24P2.C24H20B.C6H15O2PS2.CH2Cl2.Ni/c1-5-13-23(14-6-1)27(24-15-7-2-8-16-24)21-22-28(25-17-9-3-10-18-25)26-19-11-4-12-20-26;1-5-13-21(14-6-1)25(22-15-7-2-8-16-22,23-17-9-3-10-18-23)24-19-11-4-12-20-24;1-5(2)7-9(10,11)8-6(3)4;2-1-3;/h1-20H,21-22H2;1-20H;5-6H,1-4H3,(H,10,11);1H2;/q;-1;;;+2/p-1. The van der Waals surface area contributed by atoms with Gasteiger partial charge in [-0.2, -0.15) is 21.9 Å². The predicted octanol–water partition coefficient (Wildman–Crippen LogP) is 12.3. The van der Waals surface area contributed by atoms with Crippen LogP contribution >= 0.6 is 44.7 Å². The SMILES string of the molecule is CC(C)OP(=S)([S-])OC(C)C.ClCCl.[Ni+2].c1ccc(P(CCP(c2ccccc2)c2ccccc2)c2ccccc2)cc1.c1ccc([B-](c2ccccc2)(c2ccccc2)c2ccccc2)cc1. The Kier molecular flexibility index (Phi) is 26.2. The molecular weight excluding hydrogens is 1010 g/mol. The van der Waals surface area contributed by atoms with E-state index in [0.717, 1.165) is 0 Å². The fourth-order valence-electron chi connectivity index (χ4n) is 8.11. The van der Waals surface area contributed by atoms with Gasteiger partial charge >= 0.3 is 16.5 Å². The van der Waals surface area contributed by atoms with E-state index < -0.39 is 11.8 Å². The van der Waals surface area contributed by atoms with Gasteiger partial charge in [0, 0.05) is 0 Å². The Morgan fingerprint density at radius 2 is 0.588 bits per heavy atom. The maximum Gasteiger partial charge on any atom is 2.00 e. The van der Waals surface area contributed by atoms with Crippen molar-refractivity contribution in [2.45, 2.75) is 39.9 Å². The summed E-state index contributed by atoms with van der Waals surface area (Å²) in [5.41, 5.74) is 2.97. The molecule has 0 aliphatic carbocycles. The zero-order valence-corrected chi connectivity index (χ0v) is 45.8. The van der Waals surface area contributed by atoms with Crippen molar-refractivity contribution in [2.24, 2.45) is 0 Å². The van der Waals surface area contributed by atoms with Crippen LogP contribution in [0.15, 0.2) is 243 Å². The minimum absolute atomic E-state index is 0. The van der Waals surface area contributed by atoms with Crippen LogP contribution < -0.4 is 43.1 Å². The first-order valence-corrected chi connectivity index (χ1v) is 30.3. The fourth-order valence-corrected chi connectivity index (χ4v) is 16.6. The summed E-state index contributed by atoms with van der Waals surface area (Å²) in [5, 5.41) is 6.08. The van der Waals surface area contributed by atoms with E-state index in [-0.39, 0.29) is 49.9 Å². The molecular formula is C57H60BCl2NiO2P3S2. The molecule has 0 aliphatic heterocycles. The van der Waals surface area contributed by atoms with Gasteiger partial charge in [-0.15, -0.1) is 23.2 Å². The second-order valence-electron chi connectivity index (χ2n) is 16.0. The first-order valence-electron chi connectivity index (χ1n) is 22.5. The quantitative estimate of drug-likeness (QED) is 0.0441. The molecule has 0 spiro atoms. The Morgan fingerprint density at radius 3 is 0.765 bits per heavy atom. The van der Waals surface area contributed by atoms with Crippen molar-refractivity contribution < 1.29 is 25.5 Å². The summed E-state index contributed by atoms with van der Waals surface area (Å²) in [6.45, 7) is 7.60. The van der Waals surface area contributed by atoms with Gasteiger partial charge < -0.3 is 21.3 Å². The summed E-state index contributed by atoms with van der Waals surface area (Å²) in [6, 6.07) is 87.7. The molecule has 8 aromatic rings. The Hall–Kier alpha value is -3.32. The Balaban J connectivity index is 0.000000232. The summed E-state index contributed by atoms with van der Waals surface area (Å²) in [6.07, 6.45) is 1.30. The monoisotopic (exact) mass is 1070 g/mol. The molecule has 0 heterocycles. The summed E-state index contributed by atoms with van der Waals surface area (Å²) in [5.74, 6) is 0. The van der Waals surface area contributed by atoms with Crippen LogP contribution in [0.4, 0.5) is 0 Å². The zero-order valence-electron chi connectivity index (χ0n) is 39.0. The van der Waals surface area contributed by atoms with E-state index in [1.807, 2.05) is 27.7 Å². The van der Waals surface area contributed by atoms with Gasteiger partial charge in [0.2, 0.25) is 0 Å². The second kappa shape index (κ2) is 31.1. The molecule has 0 aliphatic rings. The molecule has 0 aromatic heterocycles. The average molecular weight is 1070 g/mol. The zero-order chi connectivity index (χ0) is 47.7. The van der Waals surface area contributed by atoms with Crippen molar-refractivity contribution >= 4 is 118 Å². The van der Waals surface area contributed by atoms with E-state index in [4.69, 9.17) is 56.3 Å². The van der Waals surface area contributed by atoms with Gasteiger partial charge in [-0.1, -0.05) is 254 Å². The molecule has 0 bridgehead atoms. The molecule has 11 heteroatoms. The van der Waals surface area contributed by atoms with Crippen molar-refractivity contribution in [3.63, 3.8) is 0 Å². The molecule has 68 heavy (non-hydrogen) atoms. The maximum absolute atomic E-state index is 5.27. The van der Waals surface area contributed by atoms with E-state index >= 15 is 0 Å². The second-order valence-corrected chi connectivity index (χ2v) is 26.4. The van der Waals surface area contributed by atoms with Crippen molar-refractivity contribution in [2.75, 3.05) is 17.7 Å². The number of hydrogen-bond acceptors (Lipinski definition) is 4. The Labute approximate surface area is 440 Å². The van der Waals surface area contributed by atoms with Crippen LogP contribution in [0.1, 0.15) is 27.7 Å². The first-order chi connectivity index (χ1) is 32.6. The number of halogens is 2. The maximum atomic E-state index is 5.27. The topological polar surface area (TPSA) is 18.5 Å². The van der Waals surface area contributed by atoms with Crippen LogP contribution in [-0.4, -0.2) is 36.0 Å². The van der Waals surface area contributed by atoms with Crippen LogP contribution in [0.2, 0.25) is 0 Å². The average Bonchev–Trinajstić information content (AvgIpc) is 3.35. The molecule has 8 aromatic carbocycles. The van der Waals surface area contributed by atoms with E-state index in [1.165, 1.54) is 55.4 Å². The van der Waals surface area contributed by atoms with Crippen molar-refractivity contribution in [1.82, 2.24) is 0 Å². The first kappa shape index (κ1) is 57.3. The third-order valence-electron chi connectivity index (χ3n) is 10.7. The number of rotatable bonds is 15. The summed E-state index contributed by atoms with van der Waals surface area (Å²) in [4.78, 5) is 0. The number of benzene rings is 8. The molecule has 0 amide bonds. The van der Waals surface area contributed by atoms with Gasteiger partial charge in [0.05, 0.1) is 23.2 Å². The molecule has 0 fully saturated rings. The van der Waals surface area contributed by atoms with Crippen LogP contribution in [0, 0.1) is 0 Å². The van der Waals surface area contributed by atoms with Gasteiger partial charge in [-0.05, 0) is 77.1 Å². The van der Waals surface area contributed by atoms with Crippen molar-refractivity contribution in [3.05, 3.63) is 243 Å². The van der Waals surface area contributed by atoms with Gasteiger partial charge in [-0.25, -0.2) is 0 Å². The number of hydrogen-bond donors (Lipinski definition) is 0. The Morgan fingerprint density at radius 1 is 0.412 bits per heavy atom. The molecule has 0 unspecified atom stereocenters. The van der Waals surface area contributed by atoms with Crippen LogP contribution in [0.25, 0.3) is 0 Å². The van der Waals surface area contributed by atoms with Gasteiger partial charge in [-0.3, -0.25) is 0 Å². The fraction of sp³-hybridized carbons (Fsp3) is 0.158. The third-order valence-corrected chi connectivity index (χ3v) is 18.5.